The Kier molecular flexibility index (Phi) is 2.94. The summed E-state index contributed by atoms with van der Waals surface area (Å²) in [5, 5.41) is 8.39. The van der Waals surface area contributed by atoms with Crippen molar-refractivity contribution in [2.24, 2.45) is 0 Å². The highest BCUT2D eigenvalue weighted by atomic mass is 79.9. The summed E-state index contributed by atoms with van der Waals surface area (Å²) in [4.78, 5) is 0. The number of rotatable bonds is 1. The van der Waals surface area contributed by atoms with E-state index >= 15 is 0 Å². The standard InChI is InChI=1S/C8H3BrF3N/c9-5-1-4(3-13)2-6(10)7(5)8(11)12/h1-2,8H. The first-order chi connectivity index (χ1) is 6.06. The fraction of sp³-hybridized carbons (Fsp3) is 0.125. The number of benzene rings is 1. The van der Waals surface area contributed by atoms with Crippen LogP contribution < -0.4 is 0 Å². The van der Waals surface area contributed by atoms with Crippen LogP contribution >= 0.6 is 15.9 Å². The van der Waals surface area contributed by atoms with E-state index in [0.29, 0.717) is 0 Å². The van der Waals surface area contributed by atoms with Gasteiger partial charge in [0.1, 0.15) is 5.82 Å². The molecule has 1 aromatic carbocycles. The summed E-state index contributed by atoms with van der Waals surface area (Å²) in [5.74, 6) is -1.07. The van der Waals surface area contributed by atoms with Crippen LogP contribution in [0.15, 0.2) is 16.6 Å². The van der Waals surface area contributed by atoms with Gasteiger partial charge in [0.25, 0.3) is 6.43 Å². The highest BCUT2D eigenvalue weighted by Gasteiger charge is 2.17. The van der Waals surface area contributed by atoms with E-state index in [9.17, 15) is 13.2 Å². The maximum absolute atomic E-state index is 12.9. The molecule has 1 nitrogen and oxygen atoms in total. The summed E-state index contributed by atoms with van der Waals surface area (Å²) < 4.78 is 37.1. The minimum atomic E-state index is -2.89. The van der Waals surface area contributed by atoms with Crippen molar-refractivity contribution in [1.82, 2.24) is 0 Å². The molecule has 0 aliphatic rings. The van der Waals surface area contributed by atoms with Gasteiger partial charge in [-0.25, -0.2) is 13.2 Å². The van der Waals surface area contributed by atoms with E-state index in [1.165, 1.54) is 0 Å². The minimum Gasteiger partial charge on any atom is -0.206 e. The molecule has 0 atom stereocenters. The lowest BCUT2D eigenvalue weighted by Crippen LogP contribution is -1.93. The Labute approximate surface area is 80.9 Å². The van der Waals surface area contributed by atoms with Crippen molar-refractivity contribution in [1.29, 1.82) is 5.26 Å². The molecule has 0 bridgehead atoms. The first-order valence-electron chi connectivity index (χ1n) is 3.23. The molecule has 0 heterocycles. The first-order valence-corrected chi connectivity index (χ1v) is 4.02. The van der Waals surface area contributed by atoms with Gasteiger partial charge >= 0.3 is 0 Å². The summed E-state index contributed by atoms with van der Waals surface area (Å²) in [7, 11) is 0. The molecule has 1 rings (SSSR count). The summed E-state index contributed by atoms with van der Waals surface area (Å²) in [6.07, 6.45) is -2.89. The van der Waals surface area contributed by atoms with Crippen molar-refractivity contribution in [2.45, 2.75) is 6.43 Å². The second-order valence-electron chi connectivity index (χ2n) is 2.27. The van der Waals surface area contributed by atoms with Gasteiger partial charge in [0.15, 0.2) is 0 Å². The van der Waals surface area contributed by atoms with Crippen LogP contribution in [0, 0.1) is 17.1 Å². The summed E-state index contributed by atoms with van der Waals surface area (Å²) >= 11 is 2.77. The maximum atomic E-state index is 12.9. The zero-order chi connectivity index (χ0) is 10.0. The van der Waals surface area contributed by atoms with E-state index in [2.05, 4.69) is 15.9 Å². The predicted octanol–water partition coefficient (Wildman–Crippen LogP) is 3.40. The third kappa shape index (κ3) is 2.01. The van der Waals surface area contributed by atoms with E-state index in [-0.39, 0.29) is 10.0 Å². The average Bonchev–Trinajstić information content (AvgIpc) is 2.02. The molecule has 0 aromatic heterocycles. The SMILES string of the molecule is N#Cc1cc(F)c(C(F)F)c(Br)c1. The van der Waals surface area contributed by atoms with Gasteiger partial charge in [0, 0.05) is 4.47 Å². The van der Waals surface area contributed by atoms with Crippen molar-refractivity contribution < 1.29 is 13.2 Å². The Bertz CT molecular complexity index is 347. The molecular formula is C8H3BrF3N. The Hall–Kier alpha value is -1.02. The van der Waals surface area contributed by atoms with Crippen LogP contribution in [-0.4, -0.2) is 0 Å². The molecule has 1 aromatic rings. The monoisotopic (exact) mass is 249 g/mol. The molecule has 0 fully saturated rings. The molecule has 5 heteroatoms. The molecule has 0 spiro atoms. The molecule has 0 aliphatic carbocycles. The Balaban J connectivity index is 3.33. The largest absolute Gasteiger partial charge is 0.267 e. The van der Waals surface area contributed by atoms with Crippen molar-refractivity contribution >= 4 is 15.9 Å². The molecule has 68 valence electrons. The van der Waals surface area contributed by atoms with Gasteiger partial charge in [-0.1, -0.05) is 15.9 Å². The van der Waals surface area contributed by atoms with Crippen molar-refractivity contribution in [3.05, 3.63) is 33.5 Å². The lowest BCUT2D eigenvalue weighted by molar-refractivity contribution is 0.145. The number of hydrogen-bond donors (Lipinski definition) is 0. The second kappa shape index (κ2) is 3.79. The molecule has 0 N–H and O–H groups in total. The summed E-state index contributed by atoms with van der Waals surface area (Å²) in [6.45, 7) is 0. The quantitative estimate of drug-likeness (QED) is 0.749. The fourth-order valence-corrected chi connectivity index (χ4v) is 1.47. The van der Waals surface area contributed by atoms with Gasteiger partial charge in [0.05, 0.1) is 17.2 Å². The van der Waals surface area contributed by atoms with Crippen LogP contribution in [0.1, 0.15) is 17.6 Å². The number of nitrogens with zero attached hydrogens (tertiary/aromatic N) is 1. The topological polar surface area (TPSA) is 23.8 Å². The zero-order valence-electron chi connectivity index (χ0n) is 6.19. The maximum Gasteiger partial charge on any atom is 0.267 e. The van der Waals surface area contributed by atoms with Crippen LogP contribution in [0.25, 0.3) is 0 Å². The van der Waals surface area contributed by atoms with Crippen LogP contribution in [-0.2, 0) is 0 Å². The number of nitriles is 1. The smallest absolute Gasteiger partial charge is 0.206 e. The summed E-state index contributed by atoms with van der Waals surface area (Å²) in [6, 6.07) is 3.60. The molecule has 13 heavy (non-hydrogen) atoms. The van der Waals surface area contributed by atoms with E-state index in [4.69, 9.17) is 5.26 Å². The van der Waals surface area contributed by atoms with Gasteiger partial charge in [-0.2, -0.15) is 5.26 Å². The fourth-order valence-electron chi connectivity index (χ4n) is 0.857. The van der Waals surface area contributed by atoms with Gasteiger partial charge in [-0.15, -0.1) is 0 Å². The van der Waals surface area contributed by atoms with Gasteiger partial charge in [-0.3, -0.25) is 0 Å². The molecule has 0 aliphatic heterocycles. The number of halogens is 4. The lowest BCUT2D eigenvalue weighted by Gasteiger charge is -2.04. The average molecular weight is 250 g/mol. The minimum absolute atomic E-state index is 0.00813. The van der Waals surface area contributed by atoms with Crippen LogP contribution in [0.4, 0.5) is 13.2 Å². The molecule has 0 radical (unpaired) electrons. The highest BCUT2D eigenvalue weighted by Crippen LogP contribution is 2.30. The van der Waals surface area contributed by atoms with E-state index < -0.39 is 17.8 Å². The van der Waals surface area contributed by atoms with Crippen molar-refractivity contribution in [3.8, 4) is 6.07 Å². The van der Waals surface area contributed by atoms with Crippen molar-refractivity contribution in [2.75, 3.05) is 0 Å². The van der Waals surface area contributed by atoms with Crippen LogP contribution in [0.3, 0.4) is 0 Å². The third-order valence-electron chi connectivity index (χ3n) is 1.43. The lowest BCUT2D eigenvalue weighted by atomic mass is 10.1. The van der Waals surface area contributed by atoms with Crippen LogP contribution in [0.5, 0.6) is 0 Å². The number of alkyl halides is 2. The Morgan fingerprint density at radius 1 is 1.38 bits per heavy atom. The third-order valence-corrected chi connectivity index (χ3v) is 2.08. The molecule has 0 unspecified atom stereocenters. The highest BCUT2D eigenvalue weighted by molar-refractivity contribution is 9.10. The zero-order valence-corrected chi connectivity index (χ0v) is 7.78. The second-order valence-corrected chi connectivity index (χ2v) is 3.12. The van der Waals surface area contributed by atoms with Crippen molar-refractivity contribution in [3.63, 3.8) is 0 Å². The Morgan fingerprint density at radius 2 is 2.00 bits per heavy atom. The molecule has 0 saturated carbocycles. The van der Waals surface area contributed by atoms with Crippen LogP contribution in [0.2, 0.25) is 0 Å². The van der Waals surface area contributed by atoms with Gasteiger partial charge in [0.2, 0.25) is 0 Å². The molecule has 0 saturated heterocycles. The predicted molar refractivity (Wildman–Crippen MR) is 43.8 cm³/mol. The normalized spacial score (nSPS) is 10.2. The molecule has 0 amide bonds. The first kappa shape index (κ1) is 10.1. The summed E-state index contributed by atoms with van der Waals surface area (Å²) in [5.41, 5.74) is -0.701. The van der Waals surface area contributed by atoms with E-state index in [0.717, 1.165) is 12.1 Å². The van der Waals surface area contributed by atoms with Gasteiger partial charge in [-0.05, 0) is 12.1 Å². The Morgan fingerprint density at radius 3 is 2.38 bits per heavy atom. The molecular weight excluding hydrogens is 247 g/mol. The van der Waals surface area contributed by atoms with E-state index in [1.807, 2.05) is 0 Å². The number of hydrogen-bond acceptors (Lipinski definition) is 1. The van der Waals surface area contributed by atoms with E-state index in [1.54, 1.807) is 6.07 Å². The van der Waals surface area contributed by atoms with Gasteiger partial charge < -0.3 is 0 Å².